The molecule has 0 spiro atoms. The summed E-state index contributed by atoms with van der Waals surface area (Å²) in [5.41, 5.74) is 4.98. The number of nitriles is 1. The van der Waals surface area contributed by atoms with Gasteiger partial charge in [0.15, 0.2) is 0 Å². The Morgan fingerprint density at radius 2 is 1.84 bits per heavy atom. The Hall–Kier alpha value is -3.92. The van der Waals surface area contributed by atoms with Crippen molar-refractivity contribution in [3.8, 4) is 11.8 Å². The van der Waals surface area contributed by atoms with E-state index in [1.165, 1.54) is 0 Å². The molecule has 11 nitrogen and oxygen atoms in total. The van der Waals surface area contributed by atoms with Crippen molar-refractivity contribution in [2.75, 3.05) is 76.0 Å². The quantitative estimate of drug-likeness (QED) is 0.356. The molecule has 0 saturated carbocycles. The predicted molar refractivity (Wildman–Crippen MR) is 175 cm³/mol. The van der Waals surface area contributed by atoms with Crippen LogP contribution in [0.1, 0.15) is 34.3 Å². The zero-order valence-corrected chi connectivity index (χ0v) is 27.0. The number of amides is 1. The summed E-state index contributed by atoms with van der Waals surface area (Å²) in [5, 5.41) is 16.3. The molecular weight excluding hydrogens is 622 g/mol. The lowest BCUT2D eigenvalue weighted by Crippen LogP contribution is -2.52. The number of benzene rings is 2. The van der Waals surface area contributed by atoms with Crippen LogP contribution in [0.3, 0.4) is 0 Å². The highest BCUT2D eigenvalue weighted by atomic mass is 79.9. The minimum Gasteiger partial charge on any atom is -0.494 e. The van der Waals surface area contributed by atoms with E-state index < -0.39 is 0 Å². The van der Waals surface area contributed by atoms with Crippen molar-refractivity contribution in [2.45, 2.75) is 31.8 Å². The molecule has 2 saturated heterocycles. The number of ether oxygens (including phenoxy) is 1. The molecular formula is C32H38BrN9O2. The minimum absolute atomic E-state index is 0.0231. The molecule has 4 heterocycles. The van der Waals surface area contributed by atoms with Gasteiger partial charge in [-0.25, -0.2) is 4.98 Å². The first-order valence-corrected chi connectivity index (χ1v) is 15.8. The minimum atomic E-state index is -0.0231. The third kappa shape index (κ3) is 6.18. The molecule has 44 heavy (non-hydrogen) atoms. The number of fused-ring (bicyclic) bond motifs is 1. The summed E-state index contributed by atoms with van der Waals surface area (Å²) in [7, 11) is 5.64. The molecule has 3 aromatic rings. The first kappa shape index (κ1) is 30.1. The second kappa shape index (κ2) is 13.0. The van der Waals surface area contributed by atoms with Crippen LogP contribution in [0.2, 0.25) is 0 Å². The molecule has 2 N–H and O–H groups in total. The van der Waals surface area contributed by atoms with Gasteiger partial charge in [0.2, 0.25) is 5.95 Å². The van der Waals surface area contributed by atoms with Crippen molar-refractivity contribution >= 4 is 50.7 Å². The predicted octanol–water partition coefficient (Wildman–Crippen LogP) is 4.60. The molecule has 230 valence electrons. The Labute approximate surface area is 266 Å². The number of carbonyl (C=O) groups is 1. The fraction of sp³-hybridized carbons (Fsp3) is 0.438. The summed E-state index contributed by atoms with van der Waals surface area (Å²) in [4.78, 5) is 31.1. The van der Waals surface area contributed by atoms with Crippen LogP contribution < -0.4 is 20.3 Å². The Morgan fingerprint density at radius 1 is 1.07 bits per heavy atom. The lowest BCUT2D eigenvalue weighted by molar-refractivity contribution is 0.0817. The van der Waals surface area contributed by atoms with Crippen molar-refractivity contribution in [1.29, 1.82) is 5.26 Å². The van der Waals surface area contributed by atoms with E-state index in [2.05, 4.69) is 59.4 Å². The number of likely N-dealkylation sites (N-methyl/N-ethyl adjacent to an activating group) is 1. The van der Waals surface area contributed by atoms with Crippen LogP contribution in [0.5, 0.6) is 5.75 Å². The van der Waals surface area contributed by atoms with Gasteiger partial charge in [0.1, 0.15) is 11.6 Å². The SMILES string of the molecule is COc1cc(N2CCC(N3CCN(C)CC3)CC2)c(CC#N)cc1Nc1ncc(Br)c(Nc2cccc3c2C(=O)N(C)C3)n1. The monoisotopic (exact) mass is 659 g/mol. The van der Waals surface area contributed by atoms with Gasteiger partial charge in [0, 0.05) is 76.9 Å². The largest absolute Gasteiger partial charge is 0.494 e. The molecule has 0 atom stereocenters. The number of hydrogen-bond donors (Lipinski definition) is 2. The van der Waals surface area contributed by atoms with Crippen LogP contribution in [0.4, 0.5) is 28.8 Å². The molecule has 0 unspecified atom stereocenters. The number of nitrogens with zero attached hydrogens (tertiary/aromatic N) is 7. The number of piperazine rings is 1. The van der Waals surface area contributed by atoms with Crippen LogP contribution in [0.15, 0.2) is 41.0 Å². The van der Waals surface area contributed by atoms with Gasteiger partial charge in [-0.2, -0.15) is 10.2 Å². The van der Waals surface area contributed by atoms with Gasteiger partial charge in [0.25, 0.3) is 5.91 Å². The van der Waals surface area contributed by atoms with E-state index in [0.717, 1.165) is 68.9 Å². The van der Waals surface area contributed by atoms with E-state index in [4.69, 9.17) is 9.72 Å². The van der Waals surface area contributed by atoms with E-state index in [9.17, 15) is 10.1 Å². The molecule has 6 rings (SSSR count). The Balaban J connectivity index is 1.21. The van der Waals surface area contributed by atoms with Crippen LogP contribution in [0, 0.1) is 11.3 Å². The van der Waals surface area contributed by atoms with Gasteiger partial charge < -0.3 is 30.1 Å². The number of halogens is 1. The lowest BCUT2D eigenvalue weighted by Gasteiger charge is -2.43. The Bertz CT molecular complexity index is 1580. The fourth-order valence-electron chi connectivity index (χ4n) is 6.43. The Kier molecular flexibility index (Phi) is 8.88. The van der Waals surface area contributed by atoms with E-state index >= 15 is 0 Å². The van der Waals surface area contributed by atoms with Crippen molar-refractivity contribution in [2.24, 2.45) is 0 Å². The third-order valence-electron chi connectivity index (χ3n) is 8.89. The average molecular weight is 661 g/mol. The highest BCUT2D eigenvalue weighted by Gasteiger charge is 2.29. The summed E-state index contributed by atoms with van der Waals surface area (Å²) in [5.74, 6) is 1.51. The normalized spacial score (nSPS) is 17.8. The van der Waals surface area contributed by atoms with Crippen LogP contribution >= 0.6 is 15.9 Å². The number of nitrogens with one attached hydrogen (secondary N) is 2. The average Bonchev–Trinajstić information content (AvgIpc) is 3.33. The van der Waals surface area contributed by atoms with E-state index in [0.29, 0.717) is 51.5 Å². The van der Waals surface area contributed by atoms with Gasteiger partial charge in [-0.05, 0) is 59.1 Å². The number of anilines is 5. The summed E-state index contributed by atoms with van der Waals surface area (Å²) in [6, 6.07) is 12.7. The van der Waals surface area contributed by atoms with Crippen molar-refractivity contribution in [3.05, 3.63) is 57.7 Å². The van der Waals surface area contributed by atoms with Crippen LogP contribution in [0.25, 0.3) is 0 Å². The third-order valence-corrected chi connectivity index (χ3v) is 9.47. The van der Waals surface area contributed by atoms with Gasteiger partial charge in [0.05, 0.1) is 41.0 Å². The second-order valence-electron chi connectivity index (χ2n) is 11.7. The molecule has 1 aromatic heterocycles. The second-order valence-corrected chi connectivity index (χ2v) is 12.6. The smallest absolute Gasteiger partial charge is 0.256 e. The van der Waals surface area contributed by atoms with Crippen molar-refractivity contribution in [3.63, 3.8) is 0 Å². The maximum absolute atomic E-state index is 12.8. The van der Waals surface area contributed by atoms with Crippen molar-refractivity contribution < 1.29 is 9.53 Å². The van der Waals surface area contributed by atoms with Gasteiger partial charge in [-0.3, -0.25) is 9.69 Å². The summed E-state index contributed by atoms with van der Waals surface area (Å²) in [6.07, 6.45) is 4.15. The fourth-order valence-corrected chi connectivity index (χ4v) is 6.72. The summed E-state index contributed by atoms with van der Waals surface area (Å²) in [6.45, 7) is 6.99. The van der Waals surface area contributed by atoms with Crippen LogP contribution in [-0.4, -0.2) is 97.1 Å². The number of rotatable bonds is 8. The van der Waals surface area contributed by atoms with Crippen LogP contribution in [-0.2, 0) is 13.0 Å². The van der Waals surface area contributed by atoms with Gasteiger partial charge in [-0.15, -0.1) is 0 Å². The highest BCUT2D eigenvalue weighted by molar-refractivity contribution is 9.10. The first-order chi connectivity index (χ1) is 21.3. The summed E-state index contributed by atoms with van der Waals surface area (Å²) >= 11 is 3.54. The number of piperidine rings is 1. The van der Waals surface area contributed by atoms with E-state index in [-0.39, 0.29) is 12.3 Å². The molecule has 0 aliphatic carbocycles. The zero-order valence-electron chi connectivity index (χ0n) is 25.4. The van der Waals surface area contributed by atoms with Crippen molar-refractivity contribution in [1.82, 2.24) is 24.7 Å². The number of aromatic nitrogens is 2. The lowest BCUT2D eigenvalue weighted by atomic mass is 9.99. The molecule has 2 fully saturated rings. The molecule has 3 aliphatic heterocycles. The maximum Gasteiger partial charge on any atom is 0.256 e. The maximum atomic E-state index is 12.8. The van der Waals surface area contributed by atoms with E-state index in [1.54, 1.807) is 25.3 Å². The van der Waals surface area contributed by atoms with E-state index in [1.807, 2.05) is 30.3 Å². The number of hydrogen-bond acceptors (Lipinski definition) is 10. The standard InChI is InChI=1S/C32H38BrN9O2/c1-39-13-15-41(16-14-39)23-8-11-42(12-9-23)27-18-28(44-3)26(17-21(27)7-10-34)37-32-35-19-24(33)30(38-32)36-25-6-4-5-22-20-40(2)31(43)29(22)25/h4-6,17-19,23H,7-9,11-16,20H2,1-3H3,(H2,35,36,37,38). The molecule has 3 aliphatic rings. The van der Waals surface area contributed by atoms with Gasteiger partial charge >= 0.3 is 0 Å². The molecule has 0 radical (unpaired) electrons. The zero-order chi connectivity index (χ0) is 30.8. The molecule has 1 amide bonds. The molecule has 0 bridgehead atoms. The Morgan fingerprint density at radius 3 is 2.57 bits per heavy atom. The number of carbonyl (C=O) groups excluding carboxylic acids is 1. The first-order valence-electron chi connectivity index (χ1n) is 15.0. The molecule has 2 aromatic carbocycles. The topological polar surface area (TPSA) is 113 Å². The van der Waals surface area contributed by atoms with Gasteiger partial charge in [-0.1, -0.05) is 12.1 Å². The molecule has 12 heteroatoms. The number of methoxy groups -OCH3 is 1. The summed E-state index contributed by atoms with van der Waals surface area (Å²) < 4.78 is 6.48. The highest BCUT2D eigenvalue weighted by Crippen LogP contribution is 2.38.